The molecule has 0 atom stereocenters. The molecule has 0 bridgehead atoms. The van der Waals surface area contributed by atoms with E-state index in [0.717, 1.165) is 9.87 Å². The van der Waals surface area contributed by atoms with E-state index in [-0.39, 0.29) is 18.2 Å². The van der Waals surface area contributed by atoms with Crippen LogP contribution < -0.4 is 4.74 Å². The largest absolute Gasteiger partial charge is 0.497 e. The summed E-state index contributed by atoms with van der Waals surface area (Å²) in [6.45, 7) is -0.0638. The van der Waals surface area contributed by atoms with Crippen molar-refractivity contribution in [3.05, 3.63) is 65.5 Å². The molecule has 158 valence electrons. The summed E-state index contributed by atoms with van der Waals surface area (Å²) in [4.78, 5) is 15.7. The Morgan fingerprint density at radius 1 is 1.07 bits per heavy atom. The number of aromatic nitrogens is 2. The number of methoxy groups -OCH3 is 2. The van der Waals surface area contributed by atoms with Crippen LogP contribution in [0.15, 0.2) is 53.1 Å². The second-order valence-electron chi connectivity index (χ2n) is 6.44. The Kier molecular flexibility index (Phi) is 6.48. The number of hydrogen-bond acceptors (Lipinski definition) is 8. The molecule has 0 saturated carbocycles. The minimum atomic E-state index is -3.64. The maximum atomic E-state index is 12.7. The molecule has 0 radical (unpaired) electrons. The molecule has 0 amide bonds. The summed E-state index contributed by atoms with van der Waals surface area (Å²) in [5, 5.41) is 3.90. The van der Waals surface area contributed by atoms with Gasteiger partial charge in [-0.3, -0.25) is 0 Å². The van der Waals surface area contributed by atoms with Gasteiger partial charge in [-0.1, -0.05) is 17.3 Å². The number of rotatable bonds is 8. The van der Waals surface area contributed by atoms with Crippen molar-refractivity contribution in [2.45, 2.75) is 12.3 Å². The Balaban J connectivity index is 1.66. The molecule has 10 heteroatoms. The van der Waals surface area contributed by atoms with Gasteiger partial charge in [0.2, 0.25) is 21.7 Å². The van der Waals surface area contributed by atoms with E-state index >= 15 is 0 Å². The van der Waals surface area contributed by atoms with Crippen LogP contribution in [0.2, 0.25) is 0 Å². The number of hydrogen-bond donors (Lipinski definition) is 0. The van der Waals surface area contributed by atoms with E-state index in [1.165, 1.54) is 26.3 Å². The van der Waals surface area contributed by atoms with Gasteiger partial charge in [-0.2, -0.15) is 9.29 Å². The van der Waals surface area contributed by atoms with Gasteiger partial charge in [0.1, 0.15) is 5.75 Å². The highest BCUT2D eigenvalue weighted by atomic mass is 32.2. The molecule has 0 fully saturated rings. The predicted molar refractivity (Wildman–Crippen MR) is 108 cm³/mol. The monoisotopic (exact) mass is 431 g/mol. The van der Waals surface area contributed by atoms with Gasteiger partial charge in [0.05, 0.1) is 32.1 Å². The fourth-order valence-corrected chi connectivity index (χ4v) is 3.78. The summed E-state index contributed by atoms with van der Waals surface area (Å²) in [6, 6.07) is 13.3. The van der Waals surface area contributed by atoms with Crippen LogP contribution in [0.4, 0.5) is 0 Å². The molecule has 0 saturated heterocycles. The van der Waals surface area contributed by atoms with Crippen LogP contribution in [0.25, 0.3) is 11.4 Å². The first kappa shape index (κ1) is 21.5. The van der Waals surface area contributed by atoms with Gasteiger partial charge < -0.3 is 14.0 Å². The number of esters is 1. The van der Waals surface area contributed by atoms with Crippen LogP contribution in [0, 0.1) is 0 Å². The molecule has 3 rings (SSSR count). The number of sulfonamides is 1. The third-order valence-corrected chi connectivity index (χ3v) is 6.15. The van der Waals surface area contributed by atoms with Crippen molar-refractivity contribution in [2.75, 3.05) is 21.3 Å². The average molecular weight is 431 g/mol. The number of carbonyl (C=O) groups excluding carboxylic acids is 1. The van der Waals surface area contributed by atoms with Crippen molar-refractivity contribution >= 4 is 16.0 Å². The van der Waals surface area contributed by atoms with Crippen molar-refractivity contribution in [1.29, 1.82) is 0 Å². The summed E-state index contributed by atoms with van der Waals surface area (Å²) in [6.07, 6.45) is 0. The second kappa shape index (κ2) is 9.06. The third kappa shape index (κ3) is 5.02. The highest BCUT2D eigenvalue weighted by molar-refractivity contribution is 7.88. The molecule has 1 heterocycles. The zero-order valence-electron chi connectivity index (χ0n) is 16.7. The Morgan fingerprint density at radius 2 is 1.73 bits per heavy atom. The SMILES string of the molecule is COC(=O)c1ccc(CS(=O)(=O)N(C)Cc2nc(-c3ccc(OC)cc3)no2)cc1. The van der Waals surface area contributed by atoms with Crippen molar-refractivity contribution < 1.29 is 27.2 Å². The van der Waals surface area contributed by atoms with E-state index in [0.29, 0.717) is 22.7 Å². The quantitative estimate of drug-likeness (QED) is 0.500. The molecule has 0 unspecified atom stereocenters. The molecule has 0 N–H and O–H groups in total. The Bertz CT molecular complexity index is 1110. The van der Waals surface area contributed by atoms with E-state index < -0.39 is 16.0 Å². The zero-order valence-corrected chi connectivity index (χ0v) is 17.5. The highest BCUT2D eigenvalue weighted by Crippen LogP contribution is 2.20. The van der Waals surface area contributed by atoms with Crippen LogP contribution in [0.5, 0.6) is 5.75 Å². The van der Waals surface area contributed by atoms with Gasteiger partial charge in [0.15, 0.2) is 0 Å². The van der Waals surface area contributed by atoms with Crippen molar-refractivity contribution in [1.82, 2.24) is 14.4 Å². The highest BCUT2D eigenvalue weighted by Gasteiger charge is 2.22. The van der Waals surface area contributed by atoms with E-state index in [1.807, 2.05) is 0 Å². The minimum absolute atomic E-state index is 0.0638. The fraction of sp³-hybridized carbons (Fsp3) is 0.250. The number of carbonyl (C=O) groups is 1. The van der Waals surface area contributed by atoms with Crippen LogP contribution in [-0.4, -0.2) is 50.1 Å². The average Bonchev–Trinajstić information content (AvgIpc) is 3.22. The Morgan fingerprint density at radius 3 is 2.33 bits per heavy atom. The Hall–Kier alpha value is -3.24. The van der Waals surface area contributed by atoms with Crippen LogP contribution in [0.1, 0.15) is 21.8 Å². The first-order valence-corrected chi connectivity index (χ1v) is 10.5. The maximum absolute atomic E-state index is 12.7. The van der Waals surface area contributed by atoms with E-state index in [2.05, 4.69) is 14.9 Å². The topological polar surface area (TPSA) is 112 Å². The lowest BCUT2D eigenvalue weighted by atomic mass is 10.1. The van der Waals surface area contributed by atoms with Crippen molar-refractivity contribution in [2.24, 2.45) is 0 Å². The molecular weight excluding hydrogens is 410 g/mol. The molecule has 0 aliphatic heterocycles. The lowest BCUT2D eigenvalue weighted by Crippen LogP contribution is -2.27. The van der Waals surface area contributed by atoms with E-state index in [4.69, 9.17) is 9.26 Å². The molecule has 9 nitrogen and oxygen atoms in total. The van der Waals surface area contributed by atoms with Gasteiger partial charge in [0, 0.05) is 12.6 Å². The standard InChI is InChI=1S/C20H21N3O6S/c1-23(30(25,26)13-14-4-6-16(7-5-14)20(24)28-3)12-18-21-19(22-29-18)15-8-10-17(27-2)11-9-15/h4-11H,12-13H2,1-3H3. The van der Waals surface area contributed by atoms with Crippen molar-refractivity contribution in [3.8, 4) is 17.1 Å². The van der Waals surface area contributed by atoms with Crippen molar-refractivity contribution in [3.63, 3.8) is 0 Å². The van der Waals surface area contributed by atoms with E-state index in [9.17, 15) is 13.2 Å². The predicted octanol–water partition coefficient (Wildman–Crippen LogP) is 2.49. The van der Waals surface area contributed by atoms with Gasteiger partial charge >= 0.3 is 5.97 Å². The first-order chi connectivity index (χ1) is 14.3. The third-order valence-electron chi connectivity index (χ3n) is 4.37. The van der Waals surface area contributed by atoms with E-state index in [1.54, 1.807) is 43.5 Å². The molecule has 3 aromatic rings. The number of benzene rings is 2. The lowest BCUT2D eigenvalue weighted by molar-refractivity contribution is 0.0600. The molecular formula is C20H21N3O6S. The van der Waals surface area contributed by atoms with Crippen LogP contribution >= 0.6 is 0 Å². The molecule has 0 aliphatic carbocycles. The molecule has 1 aromatic heterocycles. The lowest BCUT2D eigenvalue weighted by Gasteiger charge is -2.15. The van der Waals surface area contributed by atoms with Gasteiger partial charge in [-0.25, -0.2) is 13.2 Å². The molecule has 30 heavy (non-hydrogen) atoms. The summed E-state index contributed by atoms with van der Waals surface area (Å²) >= 11 is 0. The number of ether oxygens (including phenoxy) is 2. The zero-order chi connectivity index (χ0) is 21.7. The minimum Gasteiger partial charge on any atom is -0.497 e. The smallest absolute Gasteiger partial charge is 0.337 e. The molecule has 2 aromatic carbocycles. The summed E-state index contributed by atoms with van der Waals surface area (Å²) in [7, 11) is 0.658. The molecule has 0 spiro atoms. The number of nitrogens with zero attached hydrogens (tertiary/aromatic N) is 3. The van der Waals surface area contributed by atoms with Crippen LogP contribution in [0.3, 0.4) is 0 Å². The van der Waals surface area contributed by atoms with Gasteiger partial charge in [-0.05, 0) is 42.0 Å². The Labute approximate surface area is 174 Å². The summed E-state index contributed by atoms with van der Waals surface area (Å²) < 4.78 is 41.4. The summed E-state index contributed by atoms with van der Waals surface area (Å²) in [5.74, 6) is 0.521. The van der Waals surface area contributed by atoms with Gasteiger partial charge in [0.25, 0.3) is 0 Å². The normalized spacial score (nSPS) is 11.5. The van der Waals surface area contributed by atoms with Crippen LogP contribution in [-0.2, 0) is 27.1 Å². The summed E-state index contributed by atoms with van der Waals surface area (Å²) in [5.41, 5.74) is 1.62. The second-order valence-corrected chi connectivity index (χ2v) is 8.52. The first-order valence-electron chi connectivity index (χ1n) is 8.90. The van der Waals surface area contributed by atoms with Gasteiger partial charge in [-0.15, -0.1) is 0 Å². The molecule has 0 aliphatic rings. The fourth-order valence-electron chi connectivity index (χ4n) is 2.64. The maximum Gasteiger partial charge on any atom is 0.337 e.